The number of halogens is 1. The van der Waals surface area contributed by atoms with Crippen LogP contribution in [0, 0.1) is 11.7 Å². The Bertz CT molecular complexity index is 861. The molecule has 30 heavy (non-hydrogen) atoms. The predicted octanol–water partition coefficient (Wildman–Crippen LogP) is 3.30. The predicted molar refractivity (Wildman–Crippen MR) is 108 cm³/mol. The summed E-state index contributed by atoms with van der Waals surface area (Å²) < 4.78 is 36.4. The second kappa shape index (κ2) is 9.80. The summed E-state index contributed by atoms with van der Waals surface area (Å²) in [6.45, 7) is 2.36. The summed E-state index contributed by atoms with van der Waals surface area (Å²) in [7, 11) is 0. The van der Waals surface area contributed by atoms with Crippen molar-refractivity contribution in [1.29, 1.82) is 0 Å². The van der Waals surface area contributed by atoms with Crippen LogP contribution in [-0.4, -0.2) is 56.4 Å². The van der Waals surface area contributed by atoms with Gasteiger partial charge in [0.1, 0.15) is 13.2 Å². The summed E-state index contributed by atoms with van der Waals surface area (Å²) in [6.07, 6.45) is 1.61. The molecule has 0 aliphatic carbocycles. The highest BCUT2D eigenvalue weighted by Crippen LogP contribution is 2.30. The first kappa shape index (κ1) is 20.5. The van der Waals surface area contributed by atoms with Crippen LogP contribution in [0.3, 0.4) is 0 Å². The molecular formula is C23H26FNO5. The van der Waals surface area contributed by atoms with E-state index in [1.54, 1.807) is 23.1 Å². The van der Waals surface area contributed by atoms with E-state index >= 15 is 0 Å². The second-order valence-electron chi connectivity index (χ2n) is 7.60. The molecule has 2 aliphatic rings. The lowest BCUT2D eigenvalue weighted by Crippen LogP contribution is -2.43. The molecule has 2 heterocycles. The Morgan fingerprint density at radius 1 is 1.10 bits per heavy atom. The van der Waals surface area contributed by atoms with Gasteiger partial charge in [0.25, 0.3) is 0 Å². The molecule has 0 N–H and O–H groups in total. The van der Waals surface area contributed by atoms with E-state index < -0.39 is 0 Å². The molecule has 2 aliphatic heterocycles. The molecule has 2 aromatic carbocycles. The Balaban J connectivity index is 1.19. The van der Waals surface area contributed by atoms with Gasteiger partial charge in [0.2, 0.25) is 5.91 Å². The Hall–Kier alpha value is -2.80. The number of hydrogen-bond donors (Lipinski definition) is 0. The van der Waals surface area contributed by atoms with Gasteiger partial charge in [-0.1, -0.05) is 24.3 Å². The number of carbonyl (C=O) groups is 1. The number of fused-ring (bicyclic) bond motifs is 1. The van der Waals surface area contributed by atoms with E-state index in [-0.39, 0.29) is 42.7 Å². The molecule has 4 rings (SSSR count). The molecule has 0 bridgehead atoms. The number of nitrogens with zero attached hydrogens (tertiary/aromatic N) is 1. The van der Waals surface area contributed by atoms with Crippen molar-refractivity contribution in [2.75, 3.05) is 39.5 Å². The first-order valence-electron chi connectivity index (χ1n) is 10.3. The Morgan fingerprint density at radius 2 is 1.90 bits per heavy atom. The van der Waals surface area contributed by atoms with E-state index in [0.717, 1.165) is 18.6 Å². The summed E-state index contributed by atoms with van der Waals surface area (Å²) in [5.74, 6) is 1.42. The van der Waals surface area contributed by atoms with Crippen LogP contribution in [0.1, 0.15) is 12.8 Å². The smallest absolute Gasteiger partial charge is 0.248 e. The van der Waals surface area contributed by atoms with E-state index in [0.29, 0.717) is 32.1 Å². The summed E-state index contributed by atoms with van der Waals surface area (Å²) in [6, 6.07) is 13.9. The molecule has 0 aromatic heterocycles. The molecule has 160 valence electrons. The van der Waals surface area contributed by atoms with Crippen LogP contribution in [0.4, 0.5) is 4.39 Å². The molecular weight excluding hydrogens is 389 g/mol. The maximum atomic E-state index is 13.7. The number of amides is 1. The number of ether oxygens (including phenoxy) is 4. The Labute approximate surface area is 175 Å². The summed E-state index contributed by atoms with van der Waals surface area (Å²) >= 11 is 0. The van der Waals surface area contributed by atoms with Crippen LogP contribution in [0.15, 0.2) is 48.5 Å². The van der Waals surface area contributed by atoms with E-state index in [4.69, 9.17) is 18.9 Å². The van der Waals surface area contributed by atoms with Crippen molar-refractivity contribution in [3.63, 3.8) is 0 Å². The summed E-state index contributed by atoms with van der Waals surface area (Å²) in [5.41, 5.74) is 0. The average molecular weight is 415 g/mol. The van der Waals surface area contributed by atoms with E-state index in [1.807, 2.05) is 24.3 Å². The van der Waals surface area contributed by atoms with E-state index in [9.17, 15) is 9.18 Å². The highest BCUT2D eigenvalue weighted by molar-refractivity contribution is 5.77. The van der Waals surface area contributed by atoms with Crippen molar-refractivity contribution in [2.24, 2.45) is 5.92 Å². The zero-order valence-electron chi connectivity index (χ0n) is 16.8. The first-order valence-corrected chi connectivity index (χ1v) is 10.3. The fourth-order valence-electron chi connectivity index (χ4n) is 3.71. The molecule has 0 spiro atoms. The van der Waals surface area contributed by atoms with Crippen molar-refractivity contribution >= 4 is 5.91 Å². The third kappa shape index (κ3) is 5.21. The van der Waals surface area contributed by atoms with Gasteiger partial charge in [-0.15, -0.1) is 0 Å². The minimum absolute atomic E-state index is 0.00238. The molecule has 1 fully saturated rings. The van der Waals surface area contributed by atoms with Crippen LogP contribution in [0.5, 0.6) is 17.2 Å². The topological polar surface area (TPSA) is 57.2 Å². The zero-order chi connectivity index (χ0) is 20.8. The van der Waals surface area contributed by atoms with Gasteiger partial charge in [0, 0.05) is 19.0 Å². The largest absolute Gasteiger partial charge is 0.490 e. The standard InChI is InChI=1S/C23H26FNO5/c24-19-7-1-2-8-20(19)28-13-17-6-5-11-25(12-17)23(26)16-27-14-18-15-29-21-9-3-4-10-22(21)30-18/h1-4,7-10,17-18H,5-6,11-16H2/t17-,18-/m1/s1. The highest BCUT2D eigenvalue weighted by Gasteiger charge is 2.25. The van der Waals surface area contributed by atoms with Crippen molar-refractivity contribution in [1.82, 2.24) is 4.90 Å². The zero-order valence-corrected chi connectivity index (χ0v) is 16.8. The van der Waals surface area contributed by atoms with Crippen LogP contribution in [-0.2, 0) is 9.53 Å². The normalized spacial score (nSPS) is 20.6. The lowest BCUT2D eigenvalue weighted by atomic mass is 9.99. The number of piperidine rings is 1. The number of hydrogen-bond acceptors (Lipinski definition) is 5. The molecule has 7 heteroatoms. The van der Waals surface area contributed by atoms with Crippen LogP contribution in [0.2, 0.25) is 0 Å². The maximum Gasteiger partial charge on any atom is 0.248 e. The molecule has 2 aromatic rings. The van der Waals surface area contributed by atoms with Gasteiger partial charge in [0.15, 0.2) is 29.2 Å². The number of para-hydroxylation sites is 3. The average Bonchev–Trinajstić information content (AvgIpc) is 2.78. The third-order valence-electron chi connectivity index (χ3n) is 5.28. The third-order valence-corrected chi connectivity index (χ3v) is 5.28. The molecule has 1 amide bonds. The summed E-state index contributed by atoms with van der Waals surface area (Å²) in [4.78, 5) is 14.3. The number of likely N-dealkylation sites (tertiary alicyclic amines) is 1. The van der Waals surface area contributed by atoms with Gasteiger partial charge >= 0.3 is 0 Å². The number of benzene rings is 2. The van der Waals surface area contributed by atoms with Crippen molar-refractivity contribution in [3.8, 4) is 17.2 Å². The van der Waals surface area contributed by atoms with Gasteiger partial charge in [-0.3, -0.25) is 4.79 Å². The molecule has 1 saturated heterocycles. The molecule has 6 nitrogen and oxygen atoms in total. The molecule has 0 saturated carbocycles. The molecule has 0 radical (unpaired) electrons. The highest BCUT2D eigenvalue weighted by atomic mass is 19.1. The first-order chi connectivity index (χ1) is 14.7. The van der Waals surface area contributed by atoms with Crippen LogP contribution in [0.25, 0.3) is 0 Å². The summed E-state index contributed by atoms with van der Waals surface area (Å²) in [5, 5.41) is 0. The van der Waals surface area contributed by atoms with Crippen molar-refractivity contribution < 1.29 is 28.1 Å². The van der Waals surface area contributed by atoms with Crippen molar-refractivity contribution in [2.45, 2.75) is 18.9 Å². The number of rotatable bonds is 7. The molecule has 2 atom stereocenters. The Kier molecular flexibility index (Phi) is 6.69. The van der Waals surface area contributed by atoms with Gasteiger partial charge in [-0.2, -0.15) is 0 Å². The lowest BCUT2D eigenvalue weighted by Gasteiger charge is -2.33. The van der Waals surface area contributed by atoms with Crippen LogP contribution < -0.4 is 14.2 Å². The van der Waals surface area contributed by atoms with Gasteiger partial charge in [-0.05, 0) is 37.1 Å². The monoisotopic (exact) mass is 415 g/mol. The Morgan fingerprint density at radius 3 is 2.77 bits per heavy atom. The van der Waals surface area contributed by atoms with Crippen molar-refractivity contribution in [3.05, 3.63) is 54.3 Å². The second-order valence-corrected chi connectivity index (χ2v) is 7.60. The minimum Gasteiger partial charge on any atom is -0.490 e. The molecule has 0 unspecified atom stereocenters. The van der Waals surface area contributed by atoms with E-state index in [1.165, 1.54) is 6.07 Å². The van der Waals surface area contributed by atoms with Gasteiger partial charge < -0.3 is 23.8 Å². The minimum atomic E-state index is -0.369. The fourth-order valence-corrected chi connectivity index (χ4v) is 3.71. The lowest BCUT2D eigenvalue weighted by molar-refractivity contribution is -0.139. The quantitative estimate of drug-likeness (QED) is 0.695. The van der Waals surface area contributed by atoms with Crippen LogP contribution >= 0.6 is 0 Å². The maximum absolute atomic E-state index is 13.7. The fraction of sp³-hybridized carbons (Fsp3) is 0.435. The van der Waals surface area contributed by atoms with Gasteiger partial charge in [-0.25, -0.2) is 4.39 Å². The SMILES string of the molecule is O=C(COC[C@@H]1COc2ccccc2O1)N1CCC[C@@H](COc2ccccc2F)C1. The van der Waals surface area contributed by atoms with E-state index in [2.05, 4.69) is 0 Å². The van der Waals surface area contributed by atoms with Gasteiger partial charge in [0.05, 0.1) is 13.2 Å². The number of carbonyl (C=O) groups excluding carboxylic acids is 1.